The summed E-state index contributed by atoms with van der Waals surface area (Å²) in [5, 5.41) is 18.1. The van der Waals surface area contributed by atoms with Gasteiger partial charge in [-0.05, 0) is 56.8 Å². The van der Waals surface area contributed by atoms with E-state index in [1.807, 2.05) is 23.1 Å². The van der Waals surface area contributed by atoms with E-state index in [1.165, 1.54) is 11.3 Å². The third-order valence-electron chi connectivity index (χ3n) is 5.15. The summed E-state index contributed by atoms with van der Waals surface area (Å²) >= 11 is 0. The van der Waals surface area contributed by atoms with Crippen LogP contribution >= 0.6 is 0 Å². The Morgan fingerprint density at radius 3 is 3.04 bits per heavy atom. The molecule has 0 aromatic carbocycles. The highest BCUT2D eigenvalue weighted by molar-refractivity contribution is 5.85. The molecule has 1 saturated heterocycles. The predicted octanol–water partition coefficient (Wildman–Crippen LogP) is 0.359. The molecule has 1 unspecified atom stereocenters. The van der Waals surface area contributed by atoms with Gasteiger partial charge in [-0.15, -0.1) is 0 Å². The minimum atomic E-state index is -0.564. The van der Waals surface area contributed by atoms with E-state index in [9.17, 15) is 4.79 Å². The molecular formula is C16H22N6O. The van der Waals surface area contributed by atoms with E-state index in [4.69, 9.17) is 0 Å². The molecule has 7 heteroatoms. The molecule has 3 N–H and O–H groups in total. The van der Waals surface area contributed by atoms with Gasteiger partial charge in [-0.25, -0.2) is 0 Å². The van der Waals surface area contributed by atoms with Gasteiger partial charge in [0.05, 0.1) is 6.20 Å². The van der Waals surface area contributed by atoms with Gasteiger partial charge < -0.3 is 10.6 Å². The number of carbonyl (C=O) groups is 1. The zero-order chi connectivity index (χ0) is 15.7. The molecule has 0 spiro atoms. The van der Waals surface area contributed by atoms with Crippen LogP contribution < -0.4 is 10.6 Å². The molecule has 4 rings (SSSR count). The van der Waals surface area contributed by atoms with Crippen LogP contribution in [0.2, 0.25) is 0 Å². The van der Waals surface area contributed by atoms with Gasteiger partial charge in [0.15, 0.2) is 0 Å². The number of piperidine rings is 1. The fourth-order valence-electron chi connectivity index (χ4n) is 3.78. The minimum absolute atomic E-state index is 0.0969. The zero-order valence-corrected chi connectivity index (χ0v) is 13.1. The van der Waals surface area contributed by atoms with E-state index in [-0.39, 0.29) is 11.9 Å². The summed E-state index contributed by atoms with van der Waals surface area (Å²) in [7, 11) is 0. The van der Waals surface area contributed by atoms with Crippen LogP contribution in [0, 0.1) is 0 Å². The van der Waals surface area contributed by atoms with Crippen molar-refractivity contribution in [2.45, 2.75) is 43.7 Å². The van der Waals surface area contributed by atoms with Crippen LogP contribution in [0.1, 0.15) is 30.5 Å². The summed E-state index contributed by atoms with van der Waals surface area (Å²) in [5.41, 5.74) is 1.87. The Bertz CT molecular complexity index is 671. The van der Waals surface area contributed by atoms with Crippen molar-refractivity contribution in [1.29, 1.82) is 0 Å². The van der Waals surface area contributed by atoms with Crippen molar-refractivity contribution >= 4 is 5.91 Å². The average molecular weight is 314 g/mol. The average Bonchev–Trinajstić information content (AvgIpc) is 3.27. The molecule has 1 aliphatic heterocycles. The number of hydrogen-bond donors (Lipinski definition) is 3. The van der Waals surface area contributed by atoms with E-state index in [0.717, 1.165) is 45.2 Å². The standard InChI is InChI=1S/C16H22N6O/c23-15(20-13-2-3-14-12(10-13)11-18-21-14)16(4-7-17-8-5-16)22-9-1-6-19-22/h1,6,9,11,13,17H,2-5,7-8,10H2,(H,18,21)(H,20,23). The van der Waals surface area contributed by atoms with E-state index >= 15 is 0 Å². The maximum absolute atomic E-state index is 13.1. The number of H-pyrrole nitrogens is 1. The lowest BCUT2D eigenvalue weighted by Crippen LogP contribution is -2.57. The quantitative estimate of drug-likeness (QED) is 0.763. The SMILES string of the molecule is O=C(NC1CCc2[nH]ncc2C1)C1(n2cccn2)CCNCC1. The topological polar surface area (TPSA) is 87.6 Å². The van der Waals surface area contributed by atoms with Crippen LogP contribution in [0.5, 0.6) is 0 Å². The highest BCUT2D eigenvalue weighted by Gasteiger charge is 2.42. The summed E-state index contributed by atoms with van der Waals surface area (Å²) in [5.74, 6) is 0.0969. The first-order valence-electron chi connectivity index (χ1n) is 8.31. The van der Waals surface area contributed by atoms with Crippen molar-refractivity contribution in [3.05, 3.63) is 35.9 Å². The summed E-state index contributed by atoms with van der Waals surface area (Å²) < 4.78 is 1.84. The molecule has 0 radical (unpaired) electrons. The molecule has 1 amide bonds. The van der Waals surface area contributed by atoms with Gasteiger partial charge in [0.2, 0.25) is 5.91 Å². The molecule has 1 aliphatic carbocycles. The van der Waals surface area contributed by atoms with Crippen molar-refractivity contribution < 1.29 is 4.79 Å². The first-order valence-corrected chi connectivity index (χ1v) is 8.31. The molecule has 1 fully saturated rings. The second-order valence-electron chi connectivity index (χ2n) is 6.52. The monoisotopic (exact) mass is 314 g/mol. The summed E-state index contributed by atoms with van der Waals surface area (Å²) in [6.07, 6.45) is 9.81. The first-order chi connectivity index (χ1) is 11.3. The Kier molecular flexibility index (Phi) is 3.65. The van der Waals surface area contributed by atoms with E-state index in [0.29, 0.717) is 0 Å². The lowest BCUT2D eigenvalue weighted by atomic mass is 9.86. The van der Waals surface area contributed by atoms with Gasteiger partial charge in [0.1, 0.15) is 5.54 Å². The van der Waals surface area contributed by atoms with Crippen LogP contribution in [0.4, 0.5) is 0 Å². The van der Waals surface area contributed by atoms with Crippen LogP contribution in [0.15, 0.2) is 24.7 Å². The molecule has 0 saturated carbocycles. The Hall–Kier alpha value is -2.15. The van der Waals surface area contributed by atoms with E-state index < -0.39 is 5.54 Å². The van der Waals surface area contributed by atoms with Gasteiger partial charge >= 0.3 is 0 Å². The third-order valence-corrected chi connectivity index (χ3v) is 5.15. The van der Waals surface area contributed by atoms with E-state index in [1.54, 1.807) is 6.20 Å². The Morgan fingerprint density at radius 2 is 2.26 bits per heavy atom. The van der Waals surface area contributed by atoms with Crippen molar-refractivity contribution in [3.8, 4) is 0 Å². The Balaban J connectivity index is 1.52. The van der Waals surface area contributed by atoms with Crippen LogP contribution in [-0.2, 0) is 23.2 Å². The molecule has 3 heterocycles. The largest absolute Gasteiger partial charge is 0.351 e. The second-order valence-corrected chi connectivity index (χ2v) is 6.52. The maximum atomic E-state index is 13.1. The molecule has 122 valence electrons. The molecule has 1 atom stereocenters. The van der Waals surface area contributed by atoms with E-state index in [2.05, 4.69) is 25.9 Å². The molecular weight excluding hydrogens is 292 g/mol. The van der Waals surface area contributed by atoms with Gasteiger partial charge in [0, 0.05) is 24.1 Å². The molecule has 7 nitrogen and oxygen atoms in total. The lowest BCUT2D eigenvalue weighted by Gasteiger charge is -2.38. The van der Waals surface area contributed by atoms with Crippen LogP contribution in [0.25, 0.3) is 0 Å². The first kappa shape index (κ1) is 14.4. The number of aromatic amines is 1. The Morgan fingerprint density at radius 1 is 1.39 bits per heavy atom. The molecule has 0 bridgehead atoms. The number of nitrogens with zero attached hydrogens (tertiary/aromatic N) is 3. The van der Waals surface area contributed by atoms with Crippen molar-refractivity contribution in [2.75, 3.05) is 13.1 Å². The number of fused-ring (bicyclic) bond motifs is 1. The fourth-order valence-corrected chi connectivity index (χ4v) is 3.78. The normalized spacial score (nSPS) is 23.2. The number of aryl methyl sites for hydroxylation is 1. The summed E-state index contributed by atoms with van der Waals surface area (Å²) in [6, 6.07) is 2.06. The number of nitrogens with one attached hydrogen (secondary N) is 3. The van der Waals surface area contributed by atoms with Crippen molar-refractivity contribution in [3.63, 3.8) is 0 Å². The smallest absolute Gasteiger partial charge is 0.248 e. The number of carbonyl (C=O) groups excluding carboxylic acids is 1. The number of hydrogen-bond acceptors (Lipinski definition) is 4. The highest BCUT2D eigenvalue weighted by Crippen LogP contribution is 2.28. The van der Waals surface area contributed by atoms with Crippen molar-refractivity contribution in [1.82, 2.24) is 30.6 Å². The number of rotatable bonds is 3. The predicted molar refractivity (Wildman–Crippen MR) is 84.8 cm³/mol. The second kappa shape index (κ2) is 5.81. The molecule has 2 aromatic heterocycles. The van der Waals surface area contributed by atoms with Gasteiger partial charge in [-0.3, -0.25) is 14.6 Å². The van der Waals surface area contributed by atoms with Crippen LogP contribution in [0.3, 0.4) is 0 Å². The number of amides is 1. The van der Waals surface area contributed by atoms with Gasteiger partial charge in [0.25, 0.3) is 0 Å². The summed E-state index contributed by atoms with van der Waals surface area (Å²) in [6.45, 7) is 1.67. The molecule has 23 heavy (non-hydrogen) atoms. The van der Waals surface area contributed by atoms with Crippen LogP contribution in [-0.4, -0.2) is 45.0 Å². The fraction of sp³-hybridized carbons (Fsp3) is 0.562. The number of aromatic nitrogens is 4. The van der Waals surface area contributed by atoms with Gasteiger partial charge in [-0.2, -0.15) is 10.2 Å². The lowest BCUT2D eigenvalue weighted by molar-refractivity contribution is -0.132. The van der Waals surface area contributed by atoms with Crippen molar-refractivity contribution in [2.24, 2.45) is 0 Å². The highest BCUT2D eigenvalue weighted by atomic mass is 16.2. The third kappa shape index (κ3) is 2.55. The maximum Gasteiger partial charge on any atom is 0.248 e. The molecule has 2 aliphatic rings. The molecule has 2 aromatic rings. The van der Waals surface area contributed by atoms with Gasteiger partial charge in [-0.1, -0.05) is 0 Å². The zero-order valence-electron chi connectivity index (χ0n) is 13.1. The minimum Gasteiger partial charge on any atom is -0.351 e. The summed E-state index contributed by atoms with van der Waals surface area (Å²) in [4.78, 5) is 13.1. The Labute approximate surface area is 134 Å².